The van der Waals surface area contributed by atoms with E-state index < -0.39 is 23.2 Å². The highest BCUT2D eigenvalue weighted by Crippen LogP contribution is 2.42. The maximum atomic E-state index is 14.9. The minimum Gasteiger partial charge on any atom is -0.497 e. The zero-order chi connectivity index (χ0) is 21.7. The number of carbonyl (C=O) groups excluding carboxylic acids is 1. The molecule has 0 saturated heterocycles. The molecule has 31 heavy (non-hydrogen) atoms. The van der Waals surface area contributed by atoms with Crippen LogP contribution in [0.3, 0.4) is 0 Å². The molecule has 1 atom stereocenters. The predicted molar refractivity (Wildman–Crippen MR) is 116 cm³/mol. The van der Waals surface area contributed by atoms with Crippen LogP contribution in [0.5, 0.6) is 5.75 Å². The Kier molecular flexibility index (Phi) is 4.52. The summed E-state index contributed by atoms with van der Waals surface area (Å²) in [7, 11) is 1.51. The number of nitrogens with zero attached hydrogens (tertiary/aromatic N) is 1. The number of benzene rings is 3. The Hall–Kier alpha value is -3.64. The van der Waals surface area contributed by atoms with Crippen LogP contribution >= 0.6 is 11.6 Å². The lowest BCUT2D eigenvalue weighted by molar-refractivity contribution is 0.0971. The highest BCUT2D eigenvalue weighted by atomic mass is 35.5. The molecule has 1 aromatic heterocycles. The van der Waals surface area contributed by atoms with E-state index in [0.717, 1.165) is 0 Å². The molecule has 154 valence electrons. The van der Waals surface area contributed by atoms with Gasteiger partial charge in [0.1, 0.15) is 17.1 Å². The fourth-order valence-electron chi connectivity index (χ4n) is 3.96. The number of rotatable bonds is 3. The summed E-state index contributed by atoms with van der Waals surface area (Å²) >= 11 is 6.08. The van der Waals surface area contributed by atoms with Gasteiger partial charge in [-0.3, -0.25) is 14.5 Å². The van der Waals surface area contributed by atoms with Crippen molar-refractivity contribution in [3.05, 3.63) is 105 Å². The number of fused-ring (bicyclic) bond motifs is 2. The van der Waals surface area contributed by atoms with E-state index in [9.17, 15) is 14.0 Å². The summed E-state index contributed by atoms with van der Waals surface area (Å²) in [6.07, 6.45) is 0. The van der Waals surface area contributed by atoms with E-state index in [-0.39, 0.29) is 27.9 Å². The van der Waals surface area contributed by atoms with Gasteiger partial charge in [0.05, 0.1) is 24.1 Å². The second-order valence-corrected chi connectivity index (χ2v) is 7.55. The van der Waals surface area contributed by atoms with E-state index in [1.165, 1.54) is 24.1 Å². The molecule has 1 unspecified atom stereocenters. The highest BCUT2D eigenvalue weighted by molar-refractivity contribution is 6.31. The van der Waals surface area contributed by atoms with Crippen molar-refractivity contribution >= 4 is 34.2 Å². The Morgan fingerprint density at radius 2 is 1.84 bits per heavy atom. The van der Waals surface area contributed by atoms with Crippen LogP contribution < -0.4 is 15.1 Å². The molecule has 0 aliphatic carbocycles. The summed E-state index contributed by atoms with van der Waals surface area (Å²) in [4.78, 5) is 28.3. The van der Waals surface area contributed by atoms with Gasteiger partial charge in [-0.1, -0.05) is 35.9 Å². The number of hydrogen-bond acceptors (Lipinski definition) is 4. The van der Waals surface area contributed by atoms with E-state index in [4.69, 9.17) is 20.8 Å². The first-order valence-electron chi connectivity index (χ1n) is 9.48. The van der Waals surface area contributed by atoms with Gasteiger partial charge in [0, 0.05) is 22.3 Å². The number of anilines is 1. The number of ether oxygens (including phenoxy) is 1. The van der Waals surface area contributed by atoms with Gasteiger partial charge >= 0.3 is 0 Å². The molecule has 2 heterocycles. The molecule has 1 aliphatic heterocycles. The molecule has 0 spiro atoms. The van der Waals surface area contributed by atoms with Crippen LogP contribution in [0, 0.1) is 5.82 Å². The molecule has 1 amide bonds. The zero-order valence-electron chi connectivity index (χ0n) is 16.3. The van der Waals surface area contributed by atoms with Crippen molar-refractivity contribution in [2.24, 2.45) is 0 Å². The van der Waals surface area contributed by atoms with Crippen molar-refractivity contribution < 1.29 is 18.3 Å². The van der Waals surface area contributed by atoms with Gasteiger partial charge in [0.15, 0.2) is 5.43 Å². The molecule has 3 aromatic carbocycles. The third kappa shape index (κ3) is 2.99. The lowest BCUT2D eigenvalue weighted by atomic mass is 9.97. The third-order valence-corrected chi connectivity index (χ3v) is 5.60. The summed E-state index contributed by atoms with van der Waals surface area (Å²) in [6, 6.07) is 16.4. The Labute approximate surface area is 181 Å². The van der Waals surface area contributed by atoms with Crippen molar-refractivity contribution in [1.82, 2.24) is 0 Å². The van der Waals surface area contributed by atoms with E-state index in [1.807, 2.05) is 0 Å². The number of methoxy groups -OCH3 is 1. The average Bonchev–Trinajstić information content (AvgIpc) is 3.07. The smallest absolute Gasteiger partial charge is 0.295 e. The normalized spacial score (nSPS) is 15.4. The van der Waals surface area contributed by atoms with E-state index >= 15 is 0 Å². The maximum Gasteiger partial charge on any atom is 0.295 e. The van der Waals surface area contributed by atoms with Crippen molar-refractivity contribution in [1.29, 1.82) is 0 Å². The van der Waals surface area contributed by atoms with Crippen molar-refractivity contribution in [3.8, 4) is 5.75 Å². The van der Waals surface area contributed by atoms with Gasteiger partial charge in [-0.05, 0) is 36.4 Å². The minimum absolute atomic E-state index is 0.0766. The summed E-state index contributed by atoms with van der Waals surface area (Å²) in [5.74, 6) is -0.669. The van der Waals surface area contributed by atoms with Gasteiger partial charge in [0.2, 0.25) is 5.76 Å². The average molecular weight is 436 g/mol. The molecule has 5 nitrogen and oxygen atoms in total. The van der Waals surface area contributed by atoms with Crippen molar-refractivity contribution in [2.75, 3.05) is 12.0 Å². The number of carbonyl (C=O) groups is 1. The first kappa shape index (κ1) is 19.3. The molecule has 1 aliphatic rings. The largest absolute Gasteiger partial charge is 0.497 e. The first-order chi connectivity index (χ1) is 15.0. The summed E-state index contributed by atoms with van der Waals surface area (Å²) in [5, 5.41) is 0.587. The molecular weight excluding hydrogens is 421 g/mol. The Bertz CT molecular complexity index is 1410. The van der Waals surface area contributed by atoms with Crippen molar-refractivity contribution in [3.63, 3.8) is 0 Å². The second-order valence-electron chi connectivity index (χ2n) is 7.12. The Morgan fingerprint density at radius 1 is 1.03 bits per heavy atom. The van der Waals surface area contributed by atoms with Gasteiger partial charge in [-0.2, -0.15) is 0 Å². The van der Waals surface area contributed by atoms with Crippen LogP contribution in [0.4, 0.5) is 10.1 Å². The van der Waals surface area contributed by atoms with Crippen LogP contribution in [-0.4, -0.2) is 13.0 Å². The number of hydrogen-bond donors (Lipinski definition) is 0. The van der Waals surface area contributed by atoms with Gasteiger partial charge in [-0.15, -0.1) is 0 Å². The SMILES string of the molecule is COc1cccc(N2C(=O)c3oc4ccc(Cl)cc4c(=O)c3C2c2ccccc2F)c1. The standard InChI is InChI=1S/C24H15ClFNO4/c1-30-15-6-4-5-14(12-15)27-21(16-7-2-3-8-18(16)26)20-22(28)17-11-13(25)9-10-19(17)31-23(20)24(27)29/h2-12,21H,1H3. The highest BCUT2D eigenvalue weighted by Gasteiger charge is 2.44. The Balaban J connectivity index is 1.84. The van der Waals surface area contributed by atoms with Crippen LogP contribution in [0.2, 0.25) is 5.02 Å². The molecular formula is C24H15ClFNO4. The molecule has 5 rings (SSSR count). The monoisotopic (exact) mass is 435 g/mol. The van der Waals surface area contributed by atoms with Crippen LogP contribution in [0.15, 0.2) is 75.9 Å². The summed E-state index contributed by atoms with van der Waals surface area (Å²) in [6.45, 7) is 0. The topological polar surface area (TPSA) is 59.8 Å². The van der Waals surface area contributed by atoms with Crippen molar-refractivity contribution in [2.45, 2.75) is 6.04 Å². The molecule has 7 heteroatoms. The lowest BCUT2D eigenvalue weighted by Crippen LogP contribution is -2.30. The molecule has 0 radical (unpaired) electrons. The van der Waals surface area contributed by atoms with Gasteiger partial charge < -0.3 is 9.15 Å². The summed E-state index contributed by atoms with van der Waals surface area (Å²) < 4.78 is 26.0. The van der Waals surface area contributed by atoms with E-state index in [0.29, 0.717) is 16.5 Å². The minimum atomic E-state index is -1.00. The number of amides is 1. The van der Waals surface area contributed by atoms with E-state index in [2.05, 4.69) is 0 Å². The van der Waals surface area contributed by atoms with Gasteiger partial charge in [-0.25, -0.2) is 4.39 Å². The molecule has 4 aromatic rings. The Morgan fingerprint density at radius 3 is 2.61 bits per heavy atom. The molecule has 0 fully saturated rings. The molecule has 0 N–H and O–H groups in total. The fraction of sp³-hybridized carbons (Fsp3) is 0.0833. The molecule has 0 saturated carbocycles. The van der Waals surface area contributed by atoms with Crippen LogP contribution in [0.1, 0.15) is 27.7 Å². The molecule has 0 bridgehead atoms. The predicted octanol–water partition coefficient (Wildman–Crippen LogP) is 5.34. The quantitative estimate of drug-likeness (QED) is 0.435. The lowest BCUT2D eigenvalue weighted by Gasteiger charge is -2.25. The van der Waals surface area contributed by atoms with Gasteiger partial charge in [0.25, 0.3) is 5.91 Å². The zero-order valence-corrected chi connectivity index (χ0v) is 17.0. The van der Waals surface area contributed by atoms with Crippen LogP contribution in [0.25, 0.3) is 11.0 Å². The first-order valence-corrected chi connectivity index (χ1v) is 9.85. The second kappa shape index (κ2) is 7.25. The van der Waals surface area contributed by atoms with Crippen LogP contribution in [-0.2, 0) is 0 Å². The number of halogens is 2. The fourth-order valence-corrected chi connectivity index (χ4v) is 4.13. The third-order valence-electron chi connectivity index (χ3n) is 5.36. The van der Waals surface area contributed by atoms with E-state index in [1.54, 1.807) is 54.6 Å². The maximum absolute atomic E-state index is 14.9. The summed E-state index contributed by atoms with van der Waals surface area (Å²) in [5.41, 5.74) is 0.524.